The predicted molar refractivity (Wildman–Crippen MR) is 54.3 cm³/mol. The highest BCUT2D eigenvalue weighted by Gasteiger charge is 2.32. The second-order valence-corrected chi connectivity index (χ2v) is 3.83. The van der Waals surface area contributed by atoms with Crippen LogP contribution in [0, 0.1) is 5.92 Å². The van der Waals surface area contributed by atoms with Crippen molar-refractivity contribution < 1.29 is 4.79 Å². The average molecular weight is 192 g/mol. The van der Waals surface area contributed by atoms with Crippen LogP contribution < -0.4 is 0 Å². The molecule has 0 radical (unpaired) electrons. The van der Waals surface area contributed by atoms with E-state index in [1.807, 2.05) is 17.7 Å². The highest BCUT2D eigenvalue weighted by atomic mass is 16.1. The fraction of sp³-hybridized carbons (Fsp3) is 0.636. The maximum atomic E-state index is 11.9. The lowest BCUT2D eigenvalue weighted by Gasteiger charge is -2.01. The zero-order chi connectivity index (χ0) is 10.1. The molecule has 0 saturated heterocycles. The summed E-state index contributed by atoms with van der Waals surface area (Å²) in [7, 11) is 0. The van der Waals surface area contributed by atoms with E-state index in [4.69, 9.17) is 0 Å². The maximum absolute atomic E-state index is 11.9. The summed E-state index contributed by atoms with van der Waals surface area (Å²) >= 11 is 0. The molecule has 0 bridgehead atoms. The van der Waals surface area contributed by atoms with Crippen molar-refractivity contribution >= 4 is 5.78 Å². The summed E-state index contributed by atoms with van der Waals surface area (Å²) in [6, 6.07) is 1.95. The molecule has 1 heterocycles. The van der Waals surface area contributed by atoms with Gasteiger partial charge in [-0.05, 0) is 32.3 Å². The van der Waals surface area contributed by atoms with Crippen LogP contribution in [0.4, 0.5) is 0 Å². The Morgan fingerprint density at radius 3 is 2.79 bits per heavy atom. The van der Waals surface area contributed by atoms with Gasteiger partial charge in [-0.1, -0.05) is 6.92 Å². The van der Waals surface area contributed by atoms with Crippen LogP contribution in [0.2, 0.25) is 0 Å². The number of Topliss-reactive ketones (excluding diaryl/α,β-unsaturated/α-hetero) is 1. The minimum Gasteiger partial charge on any atom is -0.292 e. The number of ketones is 1. The molecule has 0 aliphatic heterocycles. The number of aromatic nitrogens is 2. The summed E-state index contributed by atoms with van der Waals surface area (Å²) in [5.74, 6) is 0.584. The van der Waals surface area contributed by atoms with Crippen molar-refractivity contribution in [2.45, 2.75) is 39.7 Å². The van der Waals surface area contributed by atoms with Gasteiger partial charge in [-0.2, -0.15) is 5.10 Å². The van der Waals surface area contributed by atoms with Gasteiger partial charge in [-0.15, -0.1) is 0 Å². The third-order valence-electron chi connectivity index (χ3n) is 2.69. The van der Waals surface area contributed by atoms with E-state index in [0.29, 0.717) is 11.7 Å². The molecule has 3 heteroatoms. The summed E-state index contributed by atoms with van der Waals surface area (Å²) in [6.07, 6.45) is 3.03. The molecule has 1 aliphatic carbocycles. The molecule has 76 valence electrons. The molecule has 0 spiro atoms. The van der Waals surface area contributed by atoms with E-state index in [0.717, 1.165) is 37.2 Å². The van der Waals surface area contributed by atoms with E-state index in [9.17, 15) is 4.79 Å². The van der Waals surface area contributed by atoms with Gasteiger partial charge in [0.15, 0.2) is 5.78 Å². The van der Waals surface area contributed by atoms with Gasteiger partial charge in [-0.25, -0.2) is 0 Å². The van der Waals surface area contributed by atoms with E-state index >= 15 is 0 Å². The molecule has 1 fully saturated rings. The van der Waals surface area contributed by atoms with Gasteiger partial charge in [0.25, 0.3) is 0 Å². The second-order valence-electron chi connectivity index (χ2n) is 3.83. The molecular formula is C11H16N2O. The normalized spacial score (nSPS) is 15.9. The molecule has 1 aromatic heterocycles. The minimum atomic E-state index is 0.291. The summed E-state index contributed by atoms with van der Waals surface area (Å²) in [6.45, 7) is 4.87. The summed E-state index contributed by atoms with van der Waals surface area (Å²) in [4.78, 5) is 11.9. The minimum absolute atomic E-state index is 0.291. The number of carbonyl (C=O) groups excluding carboxylic acids is 1. The highest BCUT2D eigenvalue weighted by molar-refractivity contribution is 5.97. The van der Waals surface area contributed by atoms with E-state index in [1.54, 1.807) is 0 Å². The predicted octanol–water partition coefficient (Wildman–Crippen LogP) is 2.06. The lowest BCUT2D eigenvalue weighted by molar-refractivity contribution is 0.0957. The number of carbonyl (C=O) groups is 1. The fourth-order valence-electron chi connectivity index (χ4n) is 1.64. The van der Waals surface area contributed by atoms with E-state index < -0.39 is 0 Å². The molecule has 0 N–H and O–H groups in total. The molecule has 3 nitrogen and oxygen atoms in total. The first-order valence-corrected chi connectivity index (χ1v) is 5.37. The van der Waals surface area contributed by atoms with Crippen LogP contribution in [0.25, 0.3) is 0 Å². The summed E-state index contributed by atoms with van der Waals surface area (Å²) < 4.78 is 1.83. The van der Waals surface area contributed by atoms with Crippen molar-refractivity contribution in [3.05, 3.63) is 17.5 Å². The maximum Gasteiger partial charge on any atom is 0.183 e. The topological polar surface area (TPSA) is 34.9 Å². The fourth-order valence-corrected chi connectivity index (χ4v) is 1.64. The van der Waals surface area contributed by atoms with E-state index in [-0.39, 0.29) is 0 Å². The van der Waals surface area contributed by atoms with Gasteiger partial charge in [0.05, 0.1) is 5.69 Å². The van der Waals surface area contributed by atoms with Crippen LogP contribution in [0.5, 0.6) is 0 Å². The van der Waals surface area contributed by atoms with Crippen molar-refractivity contribution in [3.8, 4) is 0 Å². The summed E-state index contributed by atoms with van der Waals surface area (Å²) in [5.41, 5.74) is 1.84. The van der Waals surface area contributed by atoms with Crippen LogP contribution >= 0.6 is 0 Å². The average Bonchev–Trinajstić information content (AvgIpc) is 2.96. The third-order valence-corrected chi connectivity index (χ3v) is 2.69. The number of nitrogens with zero attached hydrogens (tertiary/aromatic N) is 2. The van der Waals surface area contributed by atoms with Crippen LogP contribution in [0.3, 0.4) is 0 Å². The Kier molecular flexibility index (Phi) is 2.40. The lowest BCUT2D eigenvalue weighted by Crippen LogP contribution is -2.10. The van der Waals surface area contributed by atoms with Crippen molar-refractivity contribution in [3.63, 3.8) is 0 Å². The zero-order valence-corrected chi connectivity index (χ0v) is 8.79. The first kappa shape index (κ1) is 9.44. The van der Waals surface area contributed by atoms with Gasteiger partial charge in [-0.3, -0.25) is 9.48 Å². The Hall–Kier alpha value is -1.12. The van der Waals surface area contributed by atoms with Crippen LogP contribution in [0.1, 0.15) is 42.9 Å². The Morgan fingerprint density at radius 2 is 2.29 bits per heavy atom. The number of aryl methyl sites for hydroxylation is 2. The Morgan fingerprint density at radius 1 is 1.57 bits per heavy atom. The van der Waals surface area contributed by atoms with Crippen molar-refractivity contribution in [1.29, 1.82) is 0 Å². The molecular weight excluding hydrogens is 176 g/mol. The molecule has 0 aromatic carbocycles. The van der Waals surface area contributed by atoms with E-state index in [1.165, 1.54) is 0 Å². The molecule has 1 aromatic rings. The lowest BCUT2D eigenvalue weighted by atomic mass is 10.2. The molecule has 1 aliphatic rings. The monoisotopic (exact) mass is 192 g/mol. The van der Waals surface area contributed by atoms with Gasteiger partial charge in [0, 0.05) is 12.5 Å². The van der Waals surface area contributed by atoms with Crippen molar-refractivity contribution in [2.75, 3.05) is 0 Å². The summed E-state index contributed by atoms with van der Waals surface area (Å²) in [5, 5.41) is 4.37. The van der Waals surface area contributed by atoms with Crippen LogP contribution in [-0.4, -0.2) is 15.6 Å². The van der Waals surface area contributed by atoms with Crippen LogP contribution in [0.15, 0.2) is 6.07 Å². The van der Waals surface area contributed by atoms with Gasteiger partial charge < -0.3 is 0 Å². The largest absolute Gasteiger partial charge is 0.292 e. The Bertz CT molecular complexity index is 350. The van der Waals surface area contributed by atoms with Crippen molar-refractivity contribution in [1.82, 2.24) is 9.78 Å². The van der Waals surface area contributed by atoms with Gasteiger partial charge in [0.2, 0.25) is 0 Å². The first-order valence-electron chi connectivity index (χ1n) is 5.37. The first-order chi connectivity index (χ1) is 6.76. The zero-order valence-electron chi connectivity index (χ0n) is 8.79. The molecule has 14 heavy (non-hydrogen) atoms. The molecule has 0 atom stereocenters. The van der Waals surface area contributed by atoms with Gasteiger partial charge >= 0.3 is 0 Å². The third kappa shape index (κ3) is 1.59. The number of hydrogen-bond acceptors (Lipinski definition) is 2. The van der Waals surface area contributed by atoms with Gasteiger partial charge in [0.1, 0.15) is 5.69 Å². The molecule has 1 saturated carbocycles. The second kappa shape index (κ2) is 3.56. The SMILES string of the molecule is CCc1cc(C(=O)C2CC2)n(CC)n1. The quantitative estimate of drug-likeness (QED) is 0.684. The Labute approximate surface area is 84.1 Å². The van der Waals surface area contributed by atoms with E-state index in [2.05, 4.69) is 12.0 Å². The molecule has 2 rings (SSSR count). The number of rotatable bonds is 4. The van der Waals surface area contributed by atoms with Crippen molar-refractivity contribution in [2.24, 2.45) is 5.92 Å². The molecule has 0 unspecified atom stereocenters. The smallest absolute Gasteiger partial charge is 0.183 e. The van der Waals surface area contributed by atoms with Crippen LogP contribution in [-0.2, 0) is 13.0 Å². The highest BCUT2D eigenvalue weighted by Crippen LogP contribution is 2.32. The standard InChI is InChI=1S/C11H16N2O/c1-3-9-7-10(13(4-2)12-9)11(14)8-5-6-8/h7-8H,3-6H2,1-2H3. The molecule has 0 amide bonds. The Balaban J connectivity index is 2.29. The number of hydrogen-bond donors (Lipinski definition) is 0.